The van der Waals surface area contributed by atoms with Gasteiger partial charge in [-0.1, -0.05) is 0 Å². The number of carbonyl (C=O) groups excluding carboxylic acids is 1. The van der Waals surface area contributed by atoms with Crippen LogP contribution >= 0.6 is 0 Å². The van der Waals surface area contributed by atoms with Crippen LogP contribution in [0.1, 0.15) is 15.9 Å². The minimum atomic E-state index is -0.389. The molecule has 1 aromatic heterocycles. The summed E-state index contributed by atoms with van der Waals surface area (Å²) in [6.45, 7) is 0. The van der Waals surface area contributed by atoms with E-state index in [0.29, 0.717) is 5.56 Å². The smallest absolute Gasteiger partial charge is 0.267 e. The van der Waals surface area contributed by atoms with Gasteiger partial charge in [-0.15, -0.1) is 0 Å². The Morgan fingerprint density at radius 1 is 1.17 bits per heavy atom. The number of nitrogens with zero attached hydrogens (tertiary/aromatic N) is 2. The van der Waals surface area contributed by atoms with Crippen molar-refractivity contribution in [1.82, 2.24) is 10.4 Å². The second kappa shape index (κ2) is 5.67. The van der Waals surface area contributed by atoms with E-state index in [1.165, 1.54) is 30.5 Å². The van der Waals surface area contributed by atoms with Gasteiger partial charge in [-0.25, -0.2) is 9.82 Å². The van der Waals surface area contributed by atoms with Crippen LogP contribution in [0.2, 0.25) is 0 Å². The minimum absolute atomic E-state index is 0.350. The van der Waals surface area contributed by atoms with Crippen LogP contribution in [0.5, 0.6) is 0 Å². The molecule has 5 heteroatoms. The predicted molar refractivity (Wildman–Crippen MR) is 65.7 cm³/mol. The number of amides is 1. The molecule has 0 saturated heterocycles. The number of hydrogen-bond donors (Lipinski definition) is 1. The average Bonchev–Trinajstić information content (AvgIpc) is 2.40. The molecule has 0 saturated carbocycles. The van der Waals surface area contributed by atoms with Gasteiger partial charge in [-0.05, 0) is 42.0 Å². The van der Waals surface area contributed by atoms with Gasteiger partial charge in [-0.2, -0.15) is 5.10 Å². The number of hydrogen-bond acceptors (Lipinski definition) is 3. The predicted octanol–water partition coefficient (Wildman–Crippen LogP) is 1.98. The molecule has 1 heterocycles. The Morgan fingerprint density at radius 3 is 2.50 bits per heavy atom. The van der Waals surface area contributed by atoms with E-state index in [-0.39, 0.29) is 11.7 Å². The molecule has 0 aliphatic carbocycles. The summed E-state index contributed by atoms with van der Waals surface area (Å²) in [7, 11) is 0. The van der Waals surface area contributed by atoms with Crippen LogP contribution in [0.3, 0.4) is 0 Å². The molecule has 0 bridgehead atoms. The van der Waals surface area contributed by atoms with Crippen molar-refractivity contribution in [3.8, 4) is 0 Å². The van der Waals surface area contributed by atoms with Gasteiger partial charge in [0, 0.05) is 18.0 Å². The third-order valence-electron chi connectivity index (χ3n) is 2.19. The Bertz CT molecular complexity index is 552. The molecule has 1 aromatic carbocycles. The maximum absolute atomic E-state index is 12.7. The van der Waals surface area contributed by atoms with Crippen molar-refractivity contribution >= 4 is 12.1 Å². The van der Waals surface area contributed by atoms with Gasteiger partial charge in [0.1, 0.15) is 5.82 Å². The molecule has 0 atom stereocenters. The van der Waals surface area contributed by atoms with Gasteiger partial charge in [0.25, 0.3) is 5.91 Å². The van der Waals surface area contributed by atoms with Crippen molar-refractivity contribution in [3.05, 3.63) is 65.7 Å². The van der Waals surface area contributed by atoms with Crippen molar-refractivity contribution in [1.29, 1.82) is 0 Å². The summed E-state index contributed by atoms with van der Waals surface area (Å²) in [6.07, 6.45) is 4.76. The number of hydrazone groups is 1. The van der Waals surface area contributed by atoms with Crippen LogP contribution in [0.4, 0.5) is 4.39 Å². The fraction of sp³-hybridized carbons (Fsp3) is 0. The number of halogens is 1. The second-order valence-electron chi connectivity index (χ2n) is 3.49. The highest BCUT2D eigenvalue weighted by atomic mass is 19.1. The quantitative estimate of drug-likeness (QED) is 0.662. The maximum atomic E-state index is 12.7. The lowest BCUT2D eigenvalue weighted by molar-refractivity contribution is 0.0955. The average molecular weight is 243 g/mol. The van der Waals surface area contributed by atoms with Crippen molar-refractivity contribution in [2.24, 2.45) is 5.10 Å². The Balaban J connectivity index is 1.96. The summed E-state index contributed by atoms with van der Waals surface area (Å²) in [6, 6.07) is 8.75. The highest BCUT2D eigenvalue weighted by Gasteiger charge is 2.03. The monoisotopic (exact) mass is 243 g/mol. The number of nitrogens with one attached hydrogen (secondary N) is 1. The van der Waals surface area contributed by atoms with Gasteiger partial charge >= 0.3 is 0 Å². The van der Waals surface area contributed by atoms with Crippen LogP contribution in [-0.4, -0.2) is 17.1 Å². The fourth-order valence-electron chi connectivity index (χ4n) is 1.28. The van der Waals surface area contributed by atoms with Crippen LogP contribution in [-0.2, 0) is 0 Å². The Labute approximate surface area is 103 Å². The van der Waals surface area contributed by atoms with Crippen LogP contribution in [0, 0.1) is 5.82 Å². The number of pyridine rings is 1. The molecule has 0 aliphatic rings. The number of rotatable bonds is 3. The summed E-state index contributed by atoms with van der Waals surface area (Å²) in [5.74, 6) is -0.771. The van der Waals surface area contributed by atoms with Crippen molar-refractivity contribution in [3.63, 3.8) is 0 Å². The van der Waals surface area contributed by atoms with E-state index in [4.69, 9.17) is 0 Å². The zero-order valence-electron chi connectivity index (χ0n) is 9.38. The Kier molecular flexibility index (Phi) is 3.76. The lowest BCUT2D eigenvalue weighted by atomic mass is 10.2. The SMILES string of the molecule is O=C(N/N=C\c1ccncc1)c1ccc(F)cc1. The highest BCUT2D eigenvalue weighted by molar-refractivity contribution is 5.94. The van der Waals surface area contributed by atoms with Gasteiger partial charge in [0.2, 0.25) is 0 Å². The number of aromatic nitrogens is 1. The molecule has 0 fully saturated rings. The lowest BCUT2D eigenvalue weighted by Crippen LogP contribution is -2.17. The molecule has 0 spiro atoms. The molecule has 90 valence electrons. The highest BCUT2D eigenvalue weighted by Crippen LogP contribution is 2.02. The standard InChI is InChI=1S/C13H10FN3O/c14-12-3-1-11(2-4-12)13(18)17-16-9-10-5-7-15-8-6-10/h1-9H,(H,17,18)/b16-9-. The second-order valence-corrected chi connectivity index (χ2v) is 3.49. The fourth-order valence-corrected chi connectivity index (χ4v) is 1.28. The topological polar surface area (TPSA) is 54.4 Å². The minimum Gasteiger partial charge on any atom is -0.267 e. The zero-order chi connectivity index (χ0) is 12.8. The van der Waals surface area contributed by atoms with E-state index >= 15 is 0 Å². The van der Waals surface area contributed by atoms with E-state index in [1.54, 1.807) is 24.5 Å². The van der Waals surface area contributed by atoms with Gasteiger partial charge in [-0.3, -0.25) is 9.78 Å². The first-order valence-electron chi connectivity index (χ1n) is 5.25. The molecule has 0 radical (unpaired) electrons. The maximum Gasteiger partial charge on any atom is 0.271 e. The van der Waals surface area contributed by atoms with Crippen LogP contribution in [0.25, 0.3) is 0 Å². The molecule has 1 N–H and O–H groups in total. The van der Waals surface area contributed by atoms with Crippen LogP contribution < -0.4 is 5.43 Å². The molecular formula is C13H10FN3O. The summed E-state index contributed by atoms with van der Waals surface area (Å²) in [5, 5.41) is 3.79. The first-order chi connectivity index (χ1) is 8.75. The molecule has 2 aromatic rings. The van der Waals surface area contributed by atoms with Gasteiger partial charge in [0.05, 0.1) is 6.21 Å². The van der Waals surface area contributed by atoms with E-state index in [1.807, 2.05) is 0 Å². The summed E-state index contributed by atoms with van der Waals surface area (Å²) in [4.78, 5) is 15.4. The van der Waals surface area contributed by atoms with Crippen molar-refractivity contribution < 1.29 is 9.18 Å². The largest absolute Gasteiger partial charge is 0.271 e. The lowest BCUT2D eigenvalue weighted by Gasteiger charge is -1.99. The van der Waals surface area contributed by atoms with Crippen molar-refractivity contribution in [2.45, 2.75) is 0 Å². The van der Waals surface area contributed by atoms with E-state index in [2.05, 4.69) is 15.5 Å². The van der Waals surface area contributed by atoms with Crippen LogP contribution in [0.15, 0.2) is 53.9 Å². The summed E-state index contributed by atoms with van der Waals surface area (Å²) in [5.41, 5.74) is 3.53. The molecule has 4 nitrogen and oxygen atoms in total. The number of carbonyl (C=O) groups is 1. The molecule has 0 unspecified atom stereocenters. The first kappa shape index (κ1) is 11.9. The Morgan fingerprint density at radius 2 is 1.83 bits per heavy atom. The summed E-state index contributed by atoms with van der Waals surface area (Å²) >= 11 is 0. The van der Waals surface area contributed by atoms with E-state index < -0.39 is 0 Å². The first-order valence-corrected chi connectivity index (χ1v) is 5.25. The number of benzene rings is 1. The van der Waals surface area contributed by atoms with Gasteiger partial charge in [0.15, 0.2) is 0 Å². The Hall–Kier alpha value is -2.56. The van der Waals surface area contributed by atoms with E-state index in [9.17, 15) is 9.18 Å². The molecule has 1 amide bonds. The normalized spacial score (nSPS) is 10.5. The third-order valence-corrected chi connectivity index (χ3v) is 2.19. The zero-order valence-corrected chi connectivity index (χ0v) is 9.38. The molecular weight excluding hydrogens is 233 g/mol. The molecule has 0 aliphatic heterocycles. The van der Waals surface area contributed by atoms with Gasteiger partial charge < -0.3 is 0 Å². The molecule has 2 rings (SSSR count). The van der Waals surface area contributed by atoms with Crippen molar-refractivity contribution in [2.75, 3.05) is 0 Å². The third kappa shape index (κ3) is 3.21. The van der Waals surface area contributed by atoms with E-state index in [0.717, 1.165) is 5.56 Å². The molecule has 18 heavy (non-hydrogen) atoms. The summed E-state index contributed by atoms with van der Waals surface area (Å²) < 4.78 is 12.7.